The first-order chi connectivity index (χ1) is 7.41. The highest BCUT2D eigenvalue weighted by Gasteiger charge is 1.85. The SMILES string of the molecule is [CH2]CC/C=C/C/C=C/CCCCCCC. The predicted octanol–water partition coefficient (Wildman–Crippen LogP) is 5.46. The monoisotopic (exact) mass is 207 g/mol. The van der Waals surface area contributed by atoms with Gasteiger partial charge in [-0.05, 0) is 32.1 Å². The molecule has 0 heterocycles. The normalized spacial score (nSPS) is 11.9. The first-order valence-electron chi connectivity index (χ1n) is 6.51. The zero-order valence-electron chi connectivity index (χ0n) is 10.4. The van der Waals surface area contributed by atoms with Gasteiger partial charge in [0.25, 0.3) is 0 Å². The number of rotatable bonds is 10. The Hall–Kier alpha value is -0.520. The summed E-state index contributed by atoms with van der Waals surface area (Å²) < 4.78 is 0. The predicted molar refractivity (Wildman–Crippen MR) is 70.9 cm³/mol. The second-order valence-electron chi connectivity index (χ2n) is 4.02. The van der Waals surface area contributed by atoms with E-state index in [-0.39, 0.29) is 0 Å². The van der Waals surface area contributed by atoms with Crippen LogP contribution in [0.25, 0.3) is 0 Å². The molecule has 0 nitrogen and oxygen atoms in total. The molecule has 0 N–H and O–H groups in total. The Bertz CT molecular complexity index is 153. The lowest BCUT2D eigenvalue weighted by molar-refractivity contribution is 0.637. The second kappa shape index (κ2) is 13.5. The van der Waals surface area contributed by atoms with Crippen molar-refractivity contribution in [2.45, 2.75) is 64.7 Å². The van der Waals surface area contributed by atoms with Gasteiger partial charge in [-0.1, -0.05) is 63.8 Å². The molecule has 0 aliphatic carbocycles. The summed E-state index contributed by atoms with van der Waals surface area (Å²) in [5.41, 5.74) is 0. The summed E-state index contributed by atoms with van der Waals surface area (Å²) in [6, 6.07) is 0. The van der Waals surface area contributed by atoms with Crippen LogP contribution in [0.5, 0.6) is 0 Å². The minimum atomic E-state index is 1.01. The highest BCUT2D eigenvalue weighted by molar-refractivity contribution is 4.92. The molecule has 0 rings (SSSR count). The summed E-state index contributed by atoms with van der Waals surface area (Å²) >= 11 is 0. The van der Waals surface area contributed by atoms with E-state index in [0.29, 0.717) is 0 Å². The van der Waals surface area contributed by atoms with Crippen LogP contribution < -0.4 is 0 Å². The molecule has 0 saturated heterocycles. The summed E-state index contributed by atoms with van der Waals surface area (Å²) in [5.74, 6) is 0. The summed E-state index contributed by atoms with van der Waals surface area (Å²) in [7, 11) is 0. The number of hydrogen-bond acceptors (Lipinski definition) is 0. The zero-order valence-corrected chi connectivity index (χ0v) is 10.4. The largest absolute Gasteiger partial charge is 0.0882 e. The van der Waals surface area contributed by atoms with Crippen LogP contribution in [0.15, 0.2) is 24.3 Å². The average molecular weight is 207 g/mol. The molecule has 87 valence electrons. The second-order valence-corrected chi connectivity index (χ2v) is 4.02. The van der Waals surface area contributed by atoms with Crippen LogP contribution in [-0.4, -0.2) is 0 Å². The van der Waals surface area contributed by atoms with Crippen LogP contribution in [0.3, 0.4) is 0 Å². The zero-order chi connectivity index (χ0) is 11.2. The lowest BCUT2D eigenvalue weighted by Gasteiger charge is -1.95. The molecule has 15 heavy (non-hydrogen) atoms. The smallest absolute Gasteiger partial charge is 0.0169 e. The van der Waals surface area contributed by atoms with Crippen LogP contribution in [0.1, 0.15) is 64.7 Å². The van der Waals surface area contributed by atoms with Crippen LogP contribution in [0, 0.1) is 6.92 Å². The van der Waals surface area contributed by atoms with Crippen molar-refractivity contribution in [1.29, 1.82) is 0 Å². The van der Waals surface area contributed by atoms with Crippen molar-refractivity contribution in [2.24, 2.45) is 0 Å². The average Bonchev–Trinajstić information content (AvgIpc) is 2.26. The quantitative estimate of drug-likeness (QED) is 0.329. The molecule has 0 saturated carbocycles. The molecule has 0 atom stereocenters. The van der Waals surface area contributed by atoms with Gasteiger partial charge in [-0.2, -0.15) is 0 Å². The van der Waals surface area contributed by atoms with Gasteiger partial charge in [0, 0.05) is 0 Å². The van der Waals surface area contributed by atoms with Crippen LogP contribution in [0.4, 0.5) is 0 Å². The van der Waals surface area contributed by atoms with Crippen molar-refractivity contribution in [3.05, 3.63) is 31.2 Å². The van der Waals surface area contributed by atoms with Gasteiger partial charge in [-0.25, -0.2) is 0 Å². The lowest BCUT2D eigenvalue weighted by Crippen LogP contribution is -1.75. The summed E-state index contributed by atoms with van der Waals surface area (Å²) in [6.07, 6.45) is 20.4. The molecular formula is C15H27. The Morgan fingerprint density at radius 3 is 2.13 bits per heavy atom. The number of allylic oxidation sites excluding steroid dienone is 4. The Morgan fingerprint density at radius 1 is 0.800 bits per heavy atom. The molecular weight excluding hydrogens is 180 g/mol. The third-order valence-corrected chi connectivity index (χ3v) is 2.45. The molecule has 0 heteroatoms. The van der Waals surface area contributed by atoms with E-state index in [4.69, 9.17) is 0 Å². The first-order valence-corrected chi connectivity index (χ1v) is 6.51. The maximum atomic E-state index is 3.80. The Morgan fingerprint density at radius 2 is 1.47 bits per heavy atom. The highest BCUT2D eigenvalue weighted by Crippen LogP contribution is 2.05. The topological polar surface area (TPSA) is 0 Å². The van der Waals surface area contributed by atoms with Gasteiger partial charge in [0.05, 0.1) is 0 Å². The van der Waals surface area contributed by atoms with Gasteiger partial charge < -0.3 is 0 Å². The molecule has 0 aromatic carbocycles. The first kappa shape index (κ1) is 14.5. The number of unbranched alkanes of at least 4 members (excludes halogenated alkanes) is 6. The maximum Gasteiger partial charge on any atom is -0.0169 e. The van der Waals surface area contributed by atoms with E-state index >= 15 is 0 Å². The van der Waals surface area contributed by atoms with E-state index in [1.54, 1.807) is 0 Å². The maximum absolute atomic E-state index is 3.80. The molecule has 1 radical (unpaired) electrons. The summed E-state index contributed by atoms with van der Waals surface area (Å²) in [6.45, 7) is 6.06. The van der Waals surface area contributed by atoms with Gasteiger partial charge in [0.2, 0.25) is 0 Å². The van der Waals surface area contributed by atoms with Gasteiger partial charge in [0.1, 0.15) is 0 Å². The van der Waals surface area contributed by atoms with Crippen molar-refractivity contribution in [2.75, 3.05) is 0 Å². The van der Waals surface area contributed by atoms with E-state index in [1.165, 1.54) is 38.5 Å². The summed E-state index contributed by atoms with van der Waals surface area (Å²) in [5, 5.41) is 0. The summed E-state index contributed by atoms with van der Waals surface area (Å²) in [4.78, 5) is 0. The van der Waals surface area contributed by atoms with Crippen molar-refractivity contribution in [3.8, 4) is 0 Å². The van der Waals surface area contributed by atoms with Gasteiger partial charge >= 0.3 is 0 Å². The fraction of sp³-hybridized carbons (Fsp3) is 0.667. The van der Waals surface area contributed by atoms with E-state index < -0.39 is 0 Å². The molecule has 0 fully saturated rings. The van der Waals surface area contributed by atoms with E-state index in [2.05, 4.69) is 38.2 Å². The van der Waals surface area contributed by atoms with Crippen LogP contribution in [0.2, 0.25) is 0 Å². The Kier molecular flexibility index (Phi) is 13.0. The fourth-order valence-electron chi connectivity index (χ4n) is 1.49. The van der Waals surface area contributed by atoms with Crippen molar-refractivity contribution in [3.63, 3.8) is 0 Å². The minimum absolute atomic E-state index is 1.01. The molecule has 0 amide bonds. The van der Waals surface area contributed by atoms with E-state index in [0.717, 1.165) is 19.3 Å². The third-order valence-electron chi connectivity index (χ3n) is 2.45. The molecule has 0 aromatic rings. The minimum Gasteiger partial charge on any atom is -0.0882 e. The standard InChI is InChI=1S/C15H27/c1-3-5-7-9-11-13-15-14-12-10-8-6-4-2/h7,9,13,15H,1,3-6,8,10-12,14H2,2H3/b9-7+,15-13+. The van der Waals surface area contributed by atoms with E-state index in [1.807, 2.05) is 0 Å². The Balaban J connectivity index is 3.10. The Labute approximate surface area is 96.5 Å². The third kappa shape index (κ3) is 13.5. The van der Waals surface area contributed by atoms with Crippen LogP contribution >= 0.6 is 0 Å². The van der Waals surface area contributed by atoms with Gasteiger partial charge in [-0.3, -0.25) is 0 Å². The van der Waals surface area contributed by atoms with Crippen molar-refractivity contribution >= 4 is 0 Å². The van der Waals surface area contributed by atoms with Crippen LogP contribution in [-0.2, 0) is 0 Å². The molecule has 0 aromatic heterocycles. The van der Waals surface area contributed by atoms with Crippen molar-refractivity contribution < 1.29 is 0 Å². The highest BCUT2D eigenvalue weighted by atomic mass is 13.9. The van der Waals surface area contributed by atoms with Crippen molar-refractivity contribution in [1.82, 2.24) is 0 Å². The molecule has 0 bridgehead atoms. The molecule has 0 unspecified atom stereocenters. The molecule has 0 aliphatic rings. The molecule has 0 spiro atoms. The van der Waals surface area contributed by atoms with Gasteiger partial charge in [0.15, 0.2) is 0 Å². The lowest BCUT2D eigenvalue weighted by atomic mass is 10.1. The van der Waals surface area contributed by atoms with Gasteiger partial charge in [-0.15, -0.1) is 0 Å². The number of hydrogen-bond donors (Lipinski definition) is 0. The fourth-order valence-corrected chi connectivity index (χ4v) is 1.49. The van der Waals surface area contributed by atoms with E-state index in [9.17, 15) is 0 Å². The molecule has 0 aliphatic heterocycles.